The van der Waals surface area contributed by atoms with Crippen LogP contribution in [0.1, 0.15) is 30.7 Å². The number of anilines is 1. The van der Waals surface area contributed by atoms with Crippen molar-refractivity contribution in [3.05, 3.63) is 65.4 Å². The summed E-state index contributed by atoms with van der Waals surface area (Å²) in [5.74, 6) is 0.0856. The van der Waals surface area contributed by atoms with Gasteiger partial charge >= 0.3 is 12.0 Å². The zero-order chi connectivity index (χ0) is 21.8. The Kier molecular flexibility index (Phi) is 6.35. The summed E-state index contributed by atoms with van der Waals surface area (Å²) in [5.41, 5.74) is 4.39. The number of carbonyl (C=O) groups is 2. The Morgan fingerprint density at radius 2 is 1.73 bits per heavy atom. The summed E-state index contributed by atoms with van der Waals surface area (Å²) < 4.78 is 5.51. The Bertz CT molecular complexity index is 1070. The fraction of sp³-hybridized carbons (Fsp3) is 0.292. The van der Waals surface area contributed by atoms with Crippen molar-refractivity contribution < 1.29 is 14.3 Å². The Hall–Kier alpha value is -3.41. The Balaban J connectivity index is 1.70. The smallest absolute Gasteiger partial charge is 0.321 e. The van der Waals surface area contributed by atoms with E-state index >= 15 is 0 Å². The van der Waals surface area contributed by atoms with Crippen LogP contribution < -0.4 is 15.0 Å². The standard InChI is InChI=1S/C24H27N3O3/c1-15(2)25-24(29)27(5)18-10-12-19(13-11-18)30-23(28)14-21-16(3)20-8-6-7-9-22(20)26-17(21)4/h6-13,15H,14H2,1-5H3,(H,25,29). The quantitative estimate of drug-likeness (QED) is 0.499. The number of fused-ring (bicyclic) bond motifs is 1. The van der Waals surface area contributed by atoms with Crippen molar-refractivity contribution in [2.75, 3.05) is 11.9 Å². The fourth-order valence-electron chi connectivity index (χ4n) is 3.34. The molecule has 0 aliphatic carbocycles. The van der Waals surface area contributed by atoms with Crippen LogP contribution in [0, 0.1) is 13.8 Å². The predicted molar refractivity (Wildman–Crippen MR) is 119 cm³/mol. The molecule has 156 valence electrons. The summed E-state index contributed by atoms with van der Waals surface area (Å²) in [6.45, 7) is 7.73. The molecule has 0 aliphatic heterocycles. The van der Waals surface area contributed by atoms with E-state index in [0.717, 1.165) is 27.7 Å². The van der Waals surface area contributed by atoms with E-state index in [-0.39, 0.29) is 24.5 Å². The number of nitrogens with zero attached hydrogens (tertiary/aromatic N) is 2. The number of aryl methyl sites for hydroxylation is 2. The average molecular weight is 405 g/mol. The van der Waals surface area contributed by atoms with Crippen LogP contribution in [0.3, 0.4) is 0 Å². The van der Waals surface area contributed by atoms with Gasteiger partial charge in [-0.15, -0.1) is 0 Å². The molecule has 3 aromatic rings. The van der Waals surface area contributed by atoms with Crippen LogP contribution in [0.4, 0.5) is 10.5 Å². The number of esters is 1. The van der Waals surface area contributed by atoms with Gasteiger partial charge in [-0.25, -0.2) is 4.79 Å². The first-order valence-corrected chi connectivity index (χ1v) is 9.96. The topological polar surface area (TPSA) is 71.5 Å². The number of para-hydroxylation sites is 1. The van der Waals surface area contributed by atoms with Crippen molar-refractivity contribution in [2.45, 2.75) is 40.2 Å². The van der Waals surface area contributed by atoms with Crippen LogP contribution in [-0.4, -0.2) is 30.1 Å². The maximum Gasteiger partial charge on any atom is 0.321 e. The third kappa shape index (κ3) is 4.76. The maximum absolute atomic E-state index is 12.5. The van der Waals surface area contributed by atoms with E-state index in [4.69, 9.17) is 4.74 Å². The molecule has 0 spiro atoms. The van der Waals surface area contributed by atoms with Gasteiger partial charge in [0.2, 0.25) is 0 Å². The molecule has 1 aromatic heterocycles. The van der Waals surface area contributed by atoms with E-state index in [2.05, 4.69) is 10.3 Å². The molecule has 0 fully saturated rings. The minimum Gasteiger partial charge on any atom is -0.426 e. The molecule has 0 unspecified atom stereocenters. The summed E-state index contributed by atoms with van der Waals surface area (Å²) >= 11 is 0. The number of nitrogens with one attached hydrogen (secondary N) is 1. The Morgan fingerprint density at radius 1 is 1.07 bits per heavy atom. The SMILES string of the molecule is Cc1nc2ccccc2c(C)c1CC(=O)Oc1ccc(N(C)C(=O)NC(C)C)cc1. The van der Waals surface area contributed by atoms with E-state index in [9.17, 15) is 9.59 Å². The van der Waals surface area contributed by atoms with Crippen LogP contribution in [-0.2, 0) is 11.2 Å². The highest BCUT2D eigenvalue weighted by molar-refractivity contribution is 5.91. The number of hydrogen-bond donors (Lipinski definition) is 1. The molecular formula is C24H27N3O3. The van der Waals surface area contributed by atoms with Gasteiger partial charge in [0.05, 0.1) is 11.9 Å². The molecule has 0 radical (unpaired) electrons. The highest BCUT2D eigenvalue weighted by Crippen LogP contribution is 2.24. The summed E-state index contributed by atoms with van der Waals surface area (Å²) in [5, 5.41) is 3.87. The summed E-state index contributed by atoms with van der Waals surface area (Å²) in [6.07, 6.45) is 0.147. The predicted octanol–water partition coefficient (Wildman–Crippen LogP) is 4.55. The largest absolute Gasteiger partial charge is 0.426 e. The minimum absolute atomic E-state index is 0.0525. The zero-order valence-corrected chi connectivity index (χ0v) is 18.0. The summed E-state index contributed by atoms with van der Waals surface area (Å²) in [6, 6.07) is 14.6. The maximum atomic E-state index is 12.5. The van der Waals surface area contributed by atoms with E-state index in [0.29, 0.717) is 11.4 Å². The van der Waals surface area contributed by atoms with Crippen molar-refractivity contribution in [1.29, 1.82) is 0 Å². The van der Waals surface area contributed by atoms with Crippen LogP contribution in [0.25, 0.3) is 10.9 Å². The van der Waals surface area contributed by atoms with Crippen LogP contribution in [0.5, 0.6) is 5.75 Å². The first-order chi connectivity index (χ1) is 14.3. The lowest BCUT2D eigenvalue weighted by atomic mass is 10.00. The van der Waals surface area contributed by atoms with E-state index < -0.39 is 0 Å². The number of amides is 2. The minimum atomic E-state index is -0.350. The molecular weight excluding hydrogens is 378 g/mol. The number of pyridine rings is 1. The van der Waals surface area contributed by atoms with Gasteiger partial charge in [0.15, 0.2) is 0 Å². The van der Waals surface area contributed by atoms with Crippen molar-refractivity contribution in [1.82, 2.24) is 10.3 Å². The fourth-order valence-corrected chi connectivity index (χ4v) is 3.34. The molecule has 0 atom stereocenters. The van der Waals surface area contributed by atoms with Gasteiger partial charge in [-0.3, -0.25) is 14.7 Å². The number of ether oxygens (including phenoxy) is 1. The van der Waals surface area contributed by atoms with Crippen molar-refractivity contribution in [3.8, 4) is 5.75 Å². The molecule has 1 heterocycles. The van der Waals surface area contributed by atoms with Crippen molar-refractivity contribution in [3.63, 3.8) is 0 Å². The molecule has 1 N–H and O–H groups in total. The number of urea groups is 1. The van der Waals surface area contributed by atoms with Gasteiger partial charge in [0.25, 0.3) is 0 Å². The van der Waals surface area contributed by atoms with Crippen LogP contribution in [0.15, 0.2) is 48.5 Å². The molecule has 2 amide bonds. The second-order valence-corrected chi connectivity index (χ2v) is 7.63. The number of rotatable bonds is 5. The molecule has 6 nitrogen and oxygen atoms in total. The first kappa shape index (κ1) is 21.3. The highest BCUT2D eigenvalue weighted by Gasteiger charge is 2.15. The lowest BCUT2D eigenvalue weighted by molar-refractivity contribution is -0.133. The monoisotopic (exact) mass is 405 g/mol. The van der Waals surface area contributed by atoms with Gasteiger partial charge in [0.1, 0.15) is 5.75 Å². The van der Waals surface area contributed by atoms with Crippen LogP contribution in [0.2, 0.25) is 0 Å². The first-order valence-electron chi connectivity index (χ1n) is 9.96. The second-order valence-electron chi connectivity index (χ2n) is 7.63. The van der Waals surface area contributed by atoms with Gasteiger partial charge in [-0.2, -0.15) is 0 Å². The number of benzene rings is 2. The van der Waals surface area contributed by atoms with Crippen molar-refractivity contribution >= 4 is 28.6 Å². The lowest BCUT2D eigenvalue weighted by Gasteiger charge is -2.20. The van der Waals surface area contributed by atoms with Crippen LogP contribution >= 0.6 is 0 Å². The third-order valence-electron chi connectivity index (χ3n) is 4.98. The Labute approximate surface area is 176 Å². The second kappa shape index (κ2) is 8.95. The number of aromatic nitrogens is 1. The summed E-state index contributed by atoms with van der Waals surface area (Å²) in [7, 11) is 1.69. The third-order valence-corrected chi connectivity index (χ3v) is 4.98. The van der Waals surface area contributed by atoms with Gasteiger partial charge in [-0.05, 0) is 69.2 Å². The van der Waals surface area contributed by atoms with E-state index in [1.165, 1.54) is 4.90 Å². The Morgan fingerprint density at radius 3 is 2.40 bits per heavy atom. The molecule has 6 heteroatoms. The van der Waals surface area contributed by atoms with Gasteiger partial charge in [-0.1, -0.05) is 18.2 Å². The molecule has 0 saturated heterocycles. The van der Waals surface area contributed by atoms with Gasteiger partial charge in [0, 0.05) is 29.9 Å². The molecule has 0 saturated carbocycles. The molecule has 3 rings (SSSR count). The molecule has 30 heavy (non-hydrogen) atoms. The highest BCUT2D eigenvalue weighted by atomic mass is 16.5. The number of carbonyl (C=O) groups excluding carboxylic acids is 2. The summed E-state index contributed by atoms with van der Waals surface area (Å²) in [4.78, 5) is 30.8. The normalized spacial score (nSPS) is 10.9. The van der Waals surface area contributed by atoms with E-state index in [1.54, 1.807) is 31.3 Å². The van der Waals surface area contributed by atoms with E-state index in [1.807, 2.05) is 52.0 Å². The average Bonchev–Trinajstić information content (AvgIpc) is 2.70. The van der Waals surface area contributed by atoms with Gasteiger partial charge < -0.3 is 10.1 Å². The molecule has 0 aliphatic rings. The zero-order valence-electron chi connectivity index (χ0n) is 18.0. The molecule has 2 aromatic carbocycles. The lowest BCUT2D eigenvalue weighted by Crippen LogP contribution is -2.40. The molecule has 0 bridgehead atoms. The van der Waals surface area contributed by atoms with Crippen molar-refractivity contribution in [2.24, 2.45) is 0 Å². The number of hydrogen-bond acceptors (Lipinski definition) is 4.